The largest absolute Gasteiger partial charge is 0.462 e. The molecule has 1 fully saturated rings. The maximum absolute atomic E-state index is 13.6. The second-order valence-electron chi connectivity index (χ2n) is 9.12. The number of ether oxygens (including phenoxy) is 1. The summed E-state index contributed by atoms with van der Waals surface area (Å²) in [6, 6.07) is 19.3. The molecule has 1 aliphatic heterocycles. The Morgan fingerprint density at radius 2 is 1.87 bits per heavy atom. The van der Waals surface area contributed by atoms with Gasteiger partial charge in [0.05, 0.1) is 17.9 Å². The highest BCUT2D eigenvalue weighted by molar-refractivity contribution is 8.15. The van der Waals surface area contributed by atoms with Crippen LogP contribution in [0, 0.1) is 11.5 Å². The van der Waals surface area contributed by atoms with Gasteiger partial charge in [-0.05, 0) is 55.4 Å². The number of hydrogen-bond donors (Lipinski definition) is 1. The van der Waals surface area contributed by atoms with Gasteiger partial charge in [0.25, 0.3) is 0 Å². The number of nitrogens with zero attached hydrogens (tertiary/aromatic N) is 3. The molecule has 2 heterocycles. The van der Waals surface area contributed by atoms with Crippen LogP contribution < -0.4 is 10.2 Å². The molecule has 1 aliphatic carbocycles. The number of imide groups is 1. The van der Waals surface area contributed by atoms with Gasteiger partial charge in [-0.1, -0.05) is 60.3 Å². The number of carbonyl (C=O) groups is 3. The molecule has 2 atom stereocenters. The zero-order chi connectivity index (χ0) is 27.4. The predicted octanol–water partition coefficient (Wildman–Crippen LogP) is 5.32. The van der Waals surface area contributed by atoms with E-state index in [0.29, 0.717) is 28.6 Å². The van der Waals surface area contributed by atoms with Crippen LogP contribution in [-0.2, 0) is 27.2 Å². The number of anilines is 1. The molecule has 3 aromatic rings. The lowest BCUT2D eigenvalue weighted by Crippen LogP contribution is -2.32. The van der Waals surface area contributed by atoms with Crippen molar-refractivity contribution in [2.24, 2.45) is 4.99 Å². The summed E-state index contributed by atoms with van der Waals surface area (Å²) >= 11 is 2.36. The van der Waals surface area contributed by atoms with E-state index in [0.717, 1.165) is 39.9 Å². The summed E-state index contributed by atoms with van der Waals surface area (Å²) in [6.07, 6.45) is 4.03. The summed E-state index contributed by atoms with van der Waals surface area (Å²) in [5, 5.41) is 11.5. The van der Waals surface area contributed by atoms with Crippen LogP contribution in [0.2, 0.25) is 0 Å². The maximum atomic E-state index is 13.6. The first-order chi connectivity index (χ1) is 19.0. The molecular weight excluding hydrogens is 532 g/mol. The average Bonchev–Trinajstić information content (AvgIpc) is 3.45. The number of nitriles is 1. The zero-order valence-electron chi connectivity index (χ0n) is 21.3. The number of carbonyl (C=O) groups excluding carboxylic acids is 3. The van der Waals surface area contributed by atoms with E-state index in [1.165, 1.54) is 16.9 Å². The summed E-state index contributed by atoms with van der Waals surface area (Å²) in [5.41, 5.74) is 3.04. The van der Waals surface area contributed by atoms with E-state index >= 15 is 0 Å². The van der Waals surface area contributed by atoms with Crippen molar-refractivity contribution in [2.75, 3.05) is 11.5 Å². The molecule has 2 aliphatic rings. The summed E-state index contributed by atoms with van der Waals surface area (Å²) in [7, 11) is 0. The van der Waals surface area contributed by atoms with Crippen molar-refractivity contribution in [3.63, 3.8) is 0 Å². The number of rotatable bonds is 6. The van der Waals surface area contributed by atoms with E-state index in [9.17, 15) is 19.6 Å². The van der Waals surface area contributed by atoms with Gasteiger partial charge in [0.2, 0.25) is 11.8 Å². The quantitative estimate of drug-likeness (QED) is 0.109. The molecule has 0 spiro atoms. The molecule has 5 rings (SSSR count). The minimum absolute atomic E-state index is 0.0676. The normalized spacial score (nSPS) is 19.0. The first kappa shape index (κ1) is 26.7. The molecule has 10 heteroatoms. The van der Waals surface area contributed by atoms with Crippen molar-refractivity contribution < 1.29 is 19.1 Å². The highest BCUT2D eigenvalue weighted by atomic mass is 32.2. The van der Waals surface area contributed by atoms with Crippen molar-refractivity contribution >= 4 is 56.7 Å². The van der Waals surface area contributed by atoms with Crippen molar-refractivity contribution in [3.05, 3.63) is 82.2 Å². The van der Waals surface area contributed by atoms with Crippen LogP contribution in [-0.4, -0.2) is 34.8 Å². The maximum Gasteiger partial charge on any atom is 0.341 e. The van der Waals surface area contributed by atoms with Gasteiger partial charge in [-0.15, -0.1) is 11.3 Å². The van der Waals surface area contributed by atoms with Crippen LogP contribution in [0.1, 0.15) is 52.0 Å². The molecule has 8 nitrogen and oxygen atoms in total. The molecule has 0 unspecified atom stereocenters. The Morgan fingerprint density at radius 3 is 2.56 bits per heavy atom. The van der Waals surface area contributed by atoms with E-state index in [-0.39, 0.29) is 18.2 Å². The Balaban J connectivity index is 1.45. The van der Waals surface area contributed by atoms with Crippen molar-refractivity contribution in [3.8, 4) is 6.19 Å². The van der Waals surface area contributed by atoms with Gasteiger partial charge in [-0.3, -0.25) is 14.9 Å². The molecule has 198 valence electrons. The molecule has 39 heavy (non-hydrogen) atoms. The van der Waals surface area contributed by atoms with Crippen LogP contribution in [0.25, 0.3) is 0 Å². The smallest absolute Gasteiger partial charge is 0.341 e. The highest BCUT2D eigenvalue weighted by Gasteiger charge is 2.44. The SMILES string of the molecule is CCOC(=O)c1c(N2C(=O)C[C@H](SC(=Nc3ccccc3)NC#N)C2=O)sc2c1CC[C@@H](c1ccccc1)C2. The number of esters is 1. The second-order valence-corrected chi connectivity index (χ2v) is 11.4. The molecular formula is C29H26N4O4S2. The lowest BCUT2D eigenvalue weighted by Gasteiger charge is -2.23. The highest BCUT2D eigenvalue weighted by Crippen LogP contribution is 2.46. The first-order valence-corrected chi connectivity index (χ1v) is 14.4. The second kappa shape index (κ2) is 11.8. The number of nitrogens with one attached hydrogen (secondary N) is 1. The van der Waals surface area contributed by atoms with Gasteiger partial charge in [-0.25, -0.2) is 14.7 Å². The summed E-state index contributed by atoms with van der Waals surface area (Å²) < 4.78 is 5.37. The van der Waals surface area contributed by atoms with Gasteiger partial charge < -0.3 is 4.74 Å². The number of thiophene rings is 1. The number of hydrogen-bond acceptors (Lipinski definition) is 8. The number of amides is 2. The molecule has 1 aromatic heterocycles. The Hall–Kier alpha value is -3.94. The number of amidine groups is 1. The number of aliphatic imine (C=N–C) groups is 1. The average molecular weight is 559 g/mol. The summed E-state index contributed by atoms with van der Waals surface area (Å²) in [6.45, 7) is 1.92. The number of thioether (sulfide) groups is 1. The van der Waals surface area contributed by atoms with E-state index in [1.807, 2.05) is 42.6 Å². The van der Waals surface area contributed by atoms with Crippen LogP contribution >= 0.6 is 23.1 Å². The van der Waals surface area contributed by atoms with Crippen molar-refractivity contribution in [2.45, 2.75) is 43.8 Å². The van der Waals surface area contributed by atoms with Crippen molar-refractivity contribution in [1.29, 1.82) is 5.26 Å². The lowest BCUT2D eigenvalue weighted by molar-refractivity contribution is -0.121. The fourth-order valence-electron chi connectivity index (χ4n) is 4.95. The van der Waals surface area contributed by atoms with Crippen LogP contribution in [0.3, 0.4) is 0 Å². The minimum atomic E-state index is -0.785. The van der Waals surface area contributed by atoms with E-state index in [4.69, 9.17) is 4.74 Å². The van der Waals surface area contributed by atoms with Gasteiger partial charge in [0, 0.05) is 11.3 Å². The van der Waals surface area contributed by atoms with Crippen LogP contribution in [0.15, 0.2) is 65.7 Å². The molecule has 0 saturated carbocycles. The molecule has 0 bridgehead atoms. The fourth-order valence-corrected chi connectivity index (χ4v) is 7.35. The topological polar surface area (TPSA) is 112 Å². The van der Waals surface area contributed by atoms with Crippen molar-refractivity contribution in [1.82, 2.24) is 5.32 Å². The lowest BCUT2D eigenvalue weighted by atomic mass is 9.83. The van der Waals surface area contributed by atoms with Gasteiger partial charge >= 0.3 is 5.97 Å². The number of para-hydroxylation sites is 1. The molecule has 1 N–H and O–H groups in total. The number of benzene rings is 2. The van der Waals surface area contributed by atoms with Crippen LogP contribution in [0.4, 0.5) is 10.7 Å². The first-order valence-electron chi connectivity index (χ1n) is 12.7. The summed E-state index contributed by atoms with van der Waals surface area (Å²) in [5.74, 6) is -1.05. The van der Waals surface area contributed by atoms with E-state index in [2.05, 4.69) is 22.4 Å². The fraction of sp³-hybridized carbons (Fsp3) is 0.276. The zero-order valence-corrected chi connectivity index (χ0v) is 22.9. The Labute approximate surface area is 234 Å². The van der Waals surface area contributed by atoms with Crippen LogP contribution in [0.5, 0.6) is 0 Å². The molecule has 2 aromatic carbocycles. The monoisotopic (exact) mass is 558 g/mol. The van der Waals surface area contributed by atoms with E-state index < -0.39 is 23.0 Å². The standard InChI is InChI=1S/C29H26N4O4S2/c1-2-37-28(36)25-21-14-13-19(18-9-5-3-6-10-18)15-22(21)38-27(25)33-24(34)16-23(26(33)35)39-29(31-17-30)32-20-11-7-4-8-12-20/h3-12,19,23H,2,13-16H2,1H3,(H,31,32)/t19-,23+/m1/s1. The Bertz CT molecular complexity index is 1460. The van der Waals surface area contributed by atoms with Gasteiger partial charge in [0.15, 0.2) is 11.4 Å². The van der Waals surface area contributed by atoms with E-state index in [1.54, 1.807) is 19.1 Å². The number of fused-ring (bicyclic) bond motifs is 1. The molecule has 1 saturated heterocycles. The predicted molar refractivity (Wildman–Crippen MR) is 152 cm³/mol. The third-order valence-electron chi connectivity index (χ3n) is 6.71. The van der Waals surface area contributed by atoms with Gasteiger partial charge in [-0.2, -0.15) is 5.26 Å². The summed E-state index contributed by atoms with van der Waals surface area (Å²) in [4.78, 5) is 46.6. The molecule has 2 amide bonds. The third kappa shape index (κ3) is 5.60. The Kier molecular flexibility index (Phi) is 8.10. The third-order valence-corrected chi connectivity index (χ3v) is 9.02. The molecule has 0 radical (unpaired) electrons. The minimum Gasteiger partial charge on any atom is -0.462 e. The Morgan fingerprint density at radius 1 is 1.15 bits per heavy atom. The van der Waals surface area contributed by atoms with Gasteiger partial charge in [0.1, 0.15) is 10.3 Å².